The second-order valence-corrected chi connectivity index (χ2v) is 5.20. The Kier molecular flexibility index (Phi) is 3.97. The van der Waals surface area contributed by atoms with E-state index < -0.39 is 0 Å². The fourth-order valence-electron chi connectivity index (χ4n) is 2.43. The largest absolute Gasteiger partial charge is 0.464 e. The van der Waals surface area contributed by atoms with Crippen molar-refractivity contribution in [3.05, 3.63) is 53.6 Å². The molecule has 0 aromatic carbocycles. The SMILES string of the molecule is CCOc1nc(C)c(NC(=O)c2cc3ccccn3c2)c(C)n1. The van der Waals surface area contributed by atoms with Gasteiger partial charge in [-0.15, -0.1) is 0 Å². The summed E-state index contributed by atoms with van der Waals surface area (Å²) in [6.45, 7) is 6.02. The smallest absolute Gasteiger partial charge is 0.316 e. The van der Waals surface area contributed by atoms with Gasteiger partial charge in [-0.1, -0.05) is 6.07 Å². The average molecular weight is 310 g/mol. The third-order valence-electron chi connectivity index (χ3n) is 3.53. The molecule has 0 atom stereocenters. The van der Waals surface area contributed by atoms with E-state index in [1.807, 2.05) is 55.6 Å². The topological polar surface area (TPSA) is 68.5 Å². The van der Waals surface area contributed by atoms with Crippen LogP contribution in [-0.4, -0.2) is 26.9 Å². The molecule has 0 saturated heterocycles. The molecule has 3 aromatic heterocycles. The monoisotopic (exact) mass is 310 g/mol. The van der Waals surface area contributed by atoms with E-state index >= 15 is 0 Å². The van der Waals surface area contributed by atoms with Crippen LogP contribution in [0.4, 0.5) is 5.69 Å². The Bertz CT molecular complexity index is 814. The summed E-state index contributed by atoms with van der Waals surface area (Å²) in [5, 5.41) is 2.89. The molecule has 118 valence electrons. The fraction of sp³-hybridized carbons (Fsp3) is 0.235. The molecule has 0 spiro atoms. The lowest BCUT2D eigenvalue weighted by Gasteiger charge is -2.11. The van der Waals surface area contributed by atoms with Crippen molar-refractivity contribution in [3.63, 3.8) is 0 Å². The predicted octanol–water partition coefficient (Wildman–Crippen LogP) is 3.00. The van der Waals surface area contributed by atoms with Crippen LogP contribution in [0.1, 0.15) is 28.7 Å². The van der Waals surface area contributed by atoms with E-state index in [1.165, 1.54) is 0 Å². The van der Waals surface area contributed by atoms with Gasteiger partial charge in [0.1, 0.15) is 0 Å². The van der Waals surface area contributed by atoms with Gasteiger partial charge >= 0.3 is 6.01 Å². The molecule has 3 heterocycles. The molecule has 3 rings (SSSR count). The number of pyridine rings is 1. The van der Waals surface area contributed by atoms with Crippen LogP contribution in [0.2, 0.25) is 0 Å². The predicted molar refractivity (Wildman–Crippen MR) is 88.0 cm³/mol. The Morgan fingerprint density at radius 3 is 2.65 bits per heavy atom. The zero-order valence-electron chi connectivity index (χ0n) is 13.3. The first-order valence-electron chi connectivity index (χ1n) is 7.44. The fourth-order valence-corrected chi connectivity index (χ4v) is 2.43. The molecule has 0 saturated carbocycles. The Labute approximate surface area is 134 Å². The van der Waals surface area contributed by atoms with Crippen molar-refractivity contribution >= 4 is 17.1 Å². The maximum Gasteiger partial charge on any atom is 0.316 e. The van der Waals surface area contributed by atoms with Gasteiger partial charge in [0.15, 0.2) is 0 Å². The Balaban J connectivity index is 1.87. The van der Waals surface area contributed by atoms with E-state index in [0.29, 0.717) is 35.3 Å². The highest BCUT2D eigenvalue weighted by Gasteiger charge is 2.14. The molecule has 0 unspecified atom stereocenters. The van der Waals surface area contributed by atoms with Gasteiger partial charge in [-0.3, -0.25) is 4.79 Å². The third kappa shape index (κ3) is 3.01. The van der Waals surface area contributed by atoms with Crippen molar-refractivity contribution in [2.45, 2.75) is 20.8 Å². The van der Waals surface area contributed by atoms with Crippen LogP contribution in [-0.2, 0) is 0 Å². The van der Waals surface area contributed by atoms with Gasteiger partial charge in [0.05, 0.1) is 29.2 Å². The maximum absolute atomic E-state index is 12.5. The first-order chi connectivity index (χ1) is 11.1. The van der Waals surface area contributed by atoms with Crippen LogP contribution >= 0.6 is 0 Å². The number of anilines is 1. The number of aromatic nitrogens is 3. The Morgan fingerprint density at radius 2 is 2.00 bits per heavy atom. The number of fused-ring (bicyclic) bond motifs is 1. The van der Waals surface area contributed by atoms with Gasteiger partial charge < -0.3 is 14.5 Å². The van der Waals surface area contributed by atoms with Gasteiger partial charge in [0, 0.05) is 17.9 Å². The second-order valence-electron chi connectivity index (χ2n) is 5.20. The lowest BCUT2D eigenvalue weighted by Crippen LogP contribution is -2.15. The zero-order chi connectivity index (χ0) is 16.4. The summed E-state index contributed by atoms with van der Waals surface area (Å²) in [6.07, 6.45) is 3.70. The van der Waals surface area contributed by atoms with Crippen molar-refractivity contribution in [2.75, 3.05) is 11.9 Å². The summed E-state index contributed by atoms with van der Waals surface area (Å²) in [6, 6.07) is 7.98. The van der Waals surface area contributed by atoms with Crippen LogP contribution in [0.5, 0.6) is 6.01 Å². The number of carbonyl (C=O) groups excluding carboxylic acids is 1. The van der Waals surface area contributed by atoms with Crippen molar-refractivity contribution in [3.8, 4) is 6.01 Å². The quantitative estimate of drug-likeness (QED) is 0.804. The summed E-state index contributed by atoms with van der Waals surface area (Å²) in [5.41, 5.74) is 3.53. The van der Waals surface area contributed by atoms with Crippen molar-refractivity contribution in [1.82, 2.24) is 14.4 Å². The van der Waals surface area contributed by atoms with Gasteiger partial charge in [0.2, 0.25) is 0 Å². The summed E-state index contributed by atoms with van der Waals surface area (Å²) in [5.74, 6) is -0.187. The molecule has 3 aromatic rings. The van der Waals surface area contributed by atoms with Crippen LogP contribution in [0.25, 0.3) is 5.52 Å². The molecule has 6 heteroatoms. The number of ether oxygens (including phenoxy) is 1. The average Bonchev–Trinajstić information content (AvgIpc) is 2.95. The zero-order valence-corrected chi connectivity index (χ0v) is 13.3. The Hall–Kier alpha value is -2.89. The summed E-state index contributed by atoms with van der Waals surface area (Å²) in [4.78, 5) is 21.0. The lowest BCUT2D eigenvalue weighted by atomic mass is 10.2. The minimum absolute atomic E-state index is 0.187. The molecule has 0 fully saturated rings. The molecule has 1 N–H and O–H groups in total. The van der Waals surface area contributed by atoms with Gasteiger partial charge in [-0.2, -0.15) is 9.97 Å². The first-order valence-corrected chi connectivity index (χ1v) is 7.44. The normalized spacial score (nSPS) is 10.7. The molecule has 0 radical (unpaired) electrons. The molecule has 0 aliphatic carbocycles. The highest BCUT2D eigenvalue weighted by Crippen LogP contribution is 2.21. The standard InChI is InChI=1S/C17H18N4O2/c1-4-23-17-18-11(2)15(12(3)19-17)20-16(22)13-9-14-7-5-6-8-21(14)10-13/h5-10H,4H2,1-3H3,(H,20,22). The van der Waals surface area contributed by atoms with Crippen LogP contribution in [0, 0.1) is 13.8 Å². The molecular formula is C17H18N4O2. The van der Waals surface area contributed by atoms with Crippen molar-refractivity contribution < 1.29 is 9.53 Å². The van der Waals surface area contributed by atoms with Gasteiger partial charge in [-0.25, -0.2) is 0 Å². The number of aryl methyl sites for hydroxylation is 2. The van der Waals surface area contributed by atoms with Gasteiger partial charge in [0.25, 0.3) is 5.91 Å². The van der Waals surface area contributed by atoms with E-state index in [9.17, 15) is 4.79 Å². The highest BCUT2D eigenvalue weighted by molar-refractivity contribution is 6.05. The summed E-state index contributed by atoms with van der Waals surface area (Å²) in [7, 11) is 0. The van der Waals surface area contributed by atoms with Crippen LogP contribution in [0.15, 0.2) is 36.7 Å². The molecule has 6 nitrogen and oxygen atoms in total. The highest BCUT2D eigenvalue weighted by atomic mass is 16.5. The number of hydrogen-bond donors (Lipinski definition) is 1. The molecule has 1 amide bonds. The van der Waals surface area contributed by atoms with Crippen LogP contribution < -0.4 is 10.1 Å². The number of nitrogens with zero attached hydrogens (tertiary/aromatic N) is 3. The minimum Gasteiger partial charge on any atom is -0.464 e. The molecule has 0 aliphatic rings. The third-order valence-corrected chi connectivity index (χ3v) is 3.53. The van der Waals surface area contributed by atoms with Crippen molar-refractivity contribution in [2.24, 2.45) is 0 Å². The lowest BCUT2D eigenvalue weighted by molar-refractivity contribution is 0.102. The number of nitrogens with one attached hydrogen (secondary N) is 1. The summed E-state index contributed by atoms with van der Waals surface area (Å²) < 4.78 is 7.22. The Morgan fingerprint density at radius 1 is 1.26 bits per heavy atom. The van der Waals surface area contributed by atoms with Crippen LogP contribution in [0.3, 0.4) is 0 Å². The van der Waals surface area contributed by atoms with E-state index in [1.54, 1.807) is 6.20 Å². The number of amides is 1. The molecule has 23 heavy (non-hydrogen) atoms. The maximum atomic E-state index is 12.5. The van der Waals surface area contributed by atoms with E-state index in [4.69, 9.17) is 4.74 Å². The summed E-state index contributed by atoms with van der Waals surface area (Å²) >= 11 is 0. The van der Waals surface area contributed by atoms with E-state index in [2.05, 4.69) is 15.3 Å². The van der Waals surface area contributed by atoms with Crippen molar-refractivity contribution in [1.29, 1.82) is 0 Å². The van der Waals surface area contributed by atoms with Gasteiger partial charge in [-0.05, 0) is 39.0 Å². The second kappa shape index (κ2) is 6.08. The number of carbonyl (C=O) groups is 1. The first kappa shape index (κ1) is 15.0. The molecule has 0 bridgehead atoms. The molecular weight excluding hydrogens is 292 g/mol. The number of rotatable bonds is 4. The number of hydrogen-bond acceptors (Lipinski definition) is 4. The van der Waals surface area contributed by atoms with E-state index in [0.717, 1.165) is 5.52 Å². The minimum atomic E-state index is -0.187. The molecule has 0 aliphatic heterocycles. The van der Waals surface area contributed by atoms with E-state index in [-0.39, 0.29) is 5.91 Å².